The van der Waals surface area contributed by atoms with Gasteiger partial charge >= 0.3 is 0 Å². The average Bonchev–Trinajstić information content (AvgIpc) is 2.41. The summed E-state index contributed by atoms with van der Waals surface area (Å²) < 4.78 is 0. The summed E-state index contributed by atoms with van der Waals surface area (Å²) >= 11 is 0. The van der Waals surface area contributed by atoms with Crippen LogP contribution in [0.4, 0.5) is 11.4 Å². The number of phenols is 1. The molecule has 0 spiro atoms. The van der Waals surface area contributed by atoms with Crippen molar-refractivity contribution in [2.24, 2.45) is 11.8 Å². The molecule has 0 heterocycles. The van der Waals surface area contributed by atoms with Crippen LogP contribution in [0.1, 0.15) is 32.6 Å². The molecule has 6 nitrogen and oxygen atoms in total. The quantitative estimate of drug-likeness (QED) is 0.505. The molecule has 1 aliphatic rings. The summed E-state index contributed by atoms with van der Waals surface area (Å²) in [6.45, 7) is 2.15. The zero-order valence-electron chi connectivity index (χ0n) is 11.3. The number of hydrogen-bond acceptors (Lipinski definition) is 4. The van der Waals surface area contributed by atoms with Crippen LogP contribution in [-0.4, -0.2) is 15.9 Å². The second-order valence-electron chi connectivity index (χ2n) is 5.37. The molecular weight excluding hydrogens is 260 g/mol. The third-order valence-electron chi connectivity index (χ3n) is 3.85. The van der Waals surface area contributed by atoms with Gasteiger partial charge in [0.1, 0.15) is 5.75 Å². The Morgan fingerprint density at radius 1 is 1.35 bits per heavy atom. The van der Waals surface area contributed by atoms with Crippen molar-refractivity contribution in [2.75, 3.05) is 5.32 Å². The van der Waals surface area contributed by atoms with Crippen LogP contribution in [0.5, 0.6) is 5.75 Å². The van der Waals surface area contributed by atoms with Gasteiger partial charge in [-0.25, -0.2) is 0 Å². The lowest BCUT2D eigenvalue weighted by Crippen LogP contribution is -2.26. The summed E-state index contributed by atoms with van der Waals surface area (Å²) in [4.78, 5) is 22.5. The third kappa shape index (κ3) is 3.07. The number of nitrogens with zero attached hydrogens (tertiary/aromatic N) is 1. The Morgan fingerprint density at radius 2 is 2.00 bits per heavy atom. The van der Waals surface area contributed by atoms with Crippen molar-refractivity contribution in [3.63, 3.8) is 0 Å². The van der Waals surface area contributed by atoms with Gasteiger partial charge in [-0.15, -0.1) is 0 Å². The van der Waals surface area contributed by atoms with Gasteiger partial charge in [0.25, 0.3) is 5.69 Å². The highest BCUT2D eigenvalue weighted by molar-refractivity contribution is 5.96. The molecule has 1 saturated carbocycles. The van der Waals surface area contributed by atoms with Gasteiger partial charge in [-0.05, 0) is 37.7 Å². The Labute approximate surface area is 117 Å². The normalized spacial score (nSPS) is 22.2. The predicted molar refractivity (Wildman–Crippen MR) is 74.5 cm³/mol. The fourth-order valence-corrected chi connectivity index (χ4v) is 2.56. The van der Waals surface area contributed by atoms with E-state index in [-0.39, 0.29) is 28.9 Å². The number of rotatable bonds is 3. The lowest BCUT2D eigenvalue weighted by atomic mass is 9.82. The van der Waals surface area contributed by atoms with E-state index in [4.69, 9.17) is 0 Å². The van der Waals surface area contributed by atoms with Gasteiger partial charge in [0, 0.05) is 12.0 Å². The van der Waals surface area contributed by atoms with Crippen LogP contribution in [0, 0.1) is 22.0 Å². The van der Waals surface area contributed by atoms with Gasteiger partial charge in [-0.3, -0.25) is 14.9 Å². The van der Waals surface area contributed by atoms with Crippen LogP contribution in [0.3, 0.4) is 0 Å². The predicted octanol–water partition coefficient (Wildman–Crippen LogP) is 3.07. The largest absolute Gasteiger partial charge is 0.505 e. The molecule has 1 aliphatic carbocycles. The van der Waals surface area contributed by atoms with Gasteiger partial charge in [0.2, 0.25) is 5.91 Å². The van der Waals surface area contributed by atoms with Crippen molar-refractivity contribution < 1.29 is 14.8 Å². The maximum Gasteiger partial charge on any atom is 0.296 e. The fraction of sp³-hybridized carbons (Fsp3) is 0.500. The molecule has 2 N–H and O–H groups in total. The SMILES string of the molecule is CC1CCC(C(=O)Nc2c(O)cccc2[N+](=O)[O-])CC1. The zero-order valence-corrected chi connectivity index (χ0v) is 11.3. The van der Waals surface area contributed by atoms with E-state index in [9.17, 15) is 20.0 Å². The average molecular weight is 278 g/mol. The van der Waals surface area contributed by atoms with Crippen LogP contribution >= 0.6 is 0 Å². The maximum absolute atomic E-state index is 12.2. The lowest BCUT2D eigenvalue weighted by Gasteiger charge is -2.25. The molecule has 20 heavy (non-hydrogen) atoms. The topological polar surface area (TPSA) is 92.5 Å². The number of nitro groups is 1. The molecule has 0 unspecified atom stereocenters. The van der Waals surface area contributed by atoms with Crippen molar-refractivity contribution in [3.8, 4) is 5.75 Å². The van der Waals surface area contributed by atoms with Crippen LogP contribution in [0.25, 0.3) is 0 Å². The molecule has 0 saturated heterocycles. The summed E-state index contributed by atoms with van der Waals surface area (Å²) in [5, 5.41) is 23.1. The molecule has 6 heteroatoms. The minimum Gasteiger partial charge on any atom is -0.505 e. The van der Waals surface area contributed by atoms with Crippen LogP contribution in [-0.2, 0) is 4.79 Å². The summed E-state index contributed by atoms with van der Waals surface area (Å²) in [5.74, 6) is -0.0397. The number of aromatic hydroxyl groups is 1. The van der Waals surface area contributed by atoms with Crippen LogP contribution < -0.4 is 5.32 Å². The molecule has 108 valence electrons. The van der Waals surface area contributed by atoms with Gasteiger partial charge in [-0.2, -0.15) is 0 Å². The first-order valence-corrected chi connectivity index (χ1v) is 6.76. The first kappa shape index (κ1) is 14.3. The summed E-state index contributed by atoms with van der Waals surface area (Å²) in [6, 6.07) is 3.97. The molecule has 1 fully saturated rings. The number of amides is 1. The van der Waals surface area contributed by atoms with E-state index in [0.717, 1.165) is 25.7 Å². The second-order valence-corrected chi connectivity index (χ2v) is 5.37. The van der Waals surface area contributed by atoms with Gasteiger partial charge < -0.3 is 10.4 Å². The van der Waals surface area contributed by atoms with Gasteiger partial charge in [0.05, 0.1) is 4.92 Å². The Hall–Kier alpha value is -2.11. The van der Waals surface area contributed by atoms with Crippen molar-refractivity contribution in [3.05, 3.63) is 28.3 Å². The number of benzene rings is 1. The Morgan fingerprint density at radius 3 is 2.60 bits per heavy atom. The monoisotopic (exact) mass is 278 g/mol. The third-order valence-corrected chi connectivity index (χ3v) is 3.85. The number of nitro benzene ring substituents is 1. The van der Waals surface area contributed by atoms with Crippen molar-refractivity contribution in [1.82, 2.24) is 0 Å². The number of anilines is 1. The Bertz CT molecular complexity index is 522. The molecule has 1 aromatic rings. The molecule has 0 radical (unpaired) electrons. The smallest absolute Gasteiger partial charge is 0.296 e. The number of nitrogens with one attached hydrogen (secondary N) is 1. The first-order valence-electron chi connectivity index (χ1n) is 6.76. The molecule has 0 aliphatic heterocycles. The highest BCUT2D eigenvalue weighted by atomic mass is 16.6. The van der Waals surface area contributed by atoms with E-state index in [1.165, 1.54) is 18.2 Å². The number of carbonyl (C=O) groups is 1. The maximum atomic E-state index is 12.2. The van der Waals surface area contributed by atoms with Crippen LogP contribution in [0.15, 0.2) is 18.2 Å². The number of phenolic OH excluding ortho intramolecular Hbond substituents is 1. The highest BCUT2D eigenvalue weighted by Crippen LogP contribution is 2.35. The molecule has 2 rings (SSSR count). The second kappa shape index (κ2) is 5.90. The lowest BCUT2D eigenvalue weighted by molar-refractivity contribution is -0.384. The molecule has 0 atom stereocenters. The summed E-state index contributed by atoms with van der Waals surface area (Å²) in [5.41, 5.74) is -0.399. The van der Waals surface area contributed by atoms with Crippen LogP contribution in [0.2, 0.25) is 0 Å². The highest BCUT2D eigenvalue weighted by Gasteiger charge is 2.27. The van der Waals surface area contributed by atoms with E-state index in [0.29, 0.717) is 5.92 Å². The summed E-state index contributed by atoms with van der Waals surface area (Å²) in [7, 11) is 0. The fourth-order valence-electron chi connectivity index (χ4n) is 2.56. The van der Waals surface area contributed by atoms with E-state index in [2.05, 4.69) is 12.2 Å². The minimum atomic E-state index is -0.613. The molecular formula is C14H18N2O4. The molecule has 1 amide bonds. The first-order chi connectivity index (χ1) is 9.49. The molecule has 0 bridgehead atoms. The Kier molecular flexibility index (Phi) is 4.22. The van der Waals surface area contributed by atoms with Gasteiger partial charge in [-0.1, -0.05) is 13.0 Å². The number of carbonyl (C=O) groups excluding carboxylic acids is 1. The van der Waals surface area contributed by atoms with E-state index < -0.39 is 4.92 Å². The van der Waals surface area contributed by atoms with E-state index in [1.54, 1.807) is 0 Å². The minimum absolute atomic E-state index is 0.110. The molecule has 0 aromatic heterocycles. The molecule has 1 aromatic carbocycles. The standard InChI is InChI=1S/C14H18N2O4/c1-9-5-7-10(8-6-9)14(18)15-13-11(16(19)20)3-2-4-12(13)17/h2-4,9-10,17H,5-8H2,1H3,(H,15,18). The van der Waals surface area contributed by atoms with E-state index >= 15 is 0 Å². The van der Waals surface area contributed by atoms with Crippen molar-refractivity contribution in [1.29, 1.82) is 0 Å². The number of para-hydroxylation sites is 1. The summed E-state index contributed by atoms with van der Waals surface area (Å²) in [6.07, 6.45) is 3.55. The Balaban J connectivity index is 2.13. The zero-order chi connectivity index (χ0) is 14.7. The number of hydrogen-bond donors (Lipinski definition) is 2. The van der Waals surface area contributed by atoms with Crippen molar-refractivity contribution >= 4 is 17.3 Å². The van der Waals surface area contributed by atoms with Gasteiger partial charge in [0.15, 0.2) is 5.69 Å². The van der Waals surface area contributed by atoms with Crippen molar-refractivity contribution in [2.45, 2.75) is 32.6 Å². The van der Waals surface area contributed by atoms with E-state index in [1.807, 2.05) is 0 Å².